The number of amides is 1. The second kappa shape index (κ2) is 6.98. The minimum atomic E-state index is -4.52. The quantitative estimate of drug-likeness (QED) is 0.692. The number of hydrogen-bond acceptors (Lipinski definition) is 5. The second-order valence-corrected chi connectivity index (χ2v) is 6.93. The summed E-state index contributed by atoms with van der Waals surface area (Å²) in [4.78, 5) is 12.5. The van der Waals surface area contributed by atoms with Crippen molar-refractivity contribution in [1.82, 2.24) is 24.9 Å². The topological polar surface area (TPSA) is 89.9 Å². The number of nitrogens with zero attached hydrogens (tertiary/aromatic N) is 4. The second-order valence-electron chi connectivity index (χ2n) is 6.93. The van der Waals surface area contributed by atoms with Crippen molar-refractivity contribution in [1.29, 1.82) is 0 Å². The van der Waals surface area contributed by atoms with E-state index in [0.29, 0.717) is 5.76 Å². The van der Waals surface area contributed by atoms with Gasteiger partial charge in [0.2, 0.25) is 0 Å². The van der Waals surface area contributed by atoms with E-state index in [1.54, 1.807) is 30.1 Å². The molecule has 1 aliphatic rings. The molecule has 0 saturated carbocycles. The van der Waals surface area contributed by atoms with E-state index in [4.69, 9.17) is 4.42 Å². The van der Waals surface area contributed by atoms with Gasteiger partial charge < -0.3 is 15.1 Å². The fraction of sp³-hybridized carbons (Fsp3) is 0.389. The third-order valence-corrected chi connectivity index (χ3v) is 5.09. The molecule has 0 radical (unpaired) electrons. The lowest BCUT2D eigenvalue weighted by Gasteiger charge is -2.32. The summed E-state index contributed by atoms with van der Waals surface area (Å²) < 4.78 is 48.6. The Labute approximate surface area is 163 Å². The highest BCUT2D eigenvalue weighted by Gasteiger charge is 2.47. The average Bonchev–Trinajstić information content (AvgIpc) is 3.40. The van der Waals surface area contributed by atoms with Gasteiger partial charge in [0.05, 0.1) is 18.5 Å². The zero-order valence-corrected chi connectivity index (χ0v) is 15.7. The molecule has 4 heterocycles. The lowest BCUT2D eigenvalue weighted by atomic mass is 10.0. The molecule has 0 aliphatic carbocycles. The van der Waals surface area contributed by atoms with E-state index in [1.807, 2.05) is 6.92 Å². The van der Waals surface area contributed by atoms with Crippen molar-refractivity contribution in [2.24, 2.45) is 7.05 Å². The van der Waals surface area contributed by atoms with Crippen LogP contribution in [0.15, 0.2) is 35.1 Å². The summed E-state index contributed by atoms with van der Waals surface area (Å²) in [5.41, 5.74) is 1.60. The number of fused-ring (bicyclic) bond motifs is 1. The van der Waals surface area contributed by atoms with Crippen LogP contribution in [0.1, 0.15) is 46.0 Å². The highest BCUT2D eigenvalue weighted by Crippen LogP contribution is 2.43. The largest absolute Gasteiger partial charge is 0.467 e. The molecule has 1 amide bonds. The van der Waals surface area contributed by atoms with Crippen LogP contribution in [0, 0.1) is 6.92 Å². The van der Waals surface area contributed by atoms with Crippen LogP contribution < -0.4 is 10.6 Å². The Hall–Kier alpha value is -3.24. The number of carbonyl (C=O) groups is 1. The van der Waals surface area contributed by atoms with Gasteiger partial charge >= 0.3 is 6.18 Å². The lowest BCUT2D eigenvalue weighted by molar-refractivity contribution is -0.174. The van der Waals surface area contributed by atoms with Gasteiger partial charge in [-0.1, -0.05) is 0 Å². The molecule has 8 nitrogen and oxygen atoms in total. The Bertz CT molecular complexity index is 1020. The molecule has 3 aromatic rings. The van der Waals surface area contributed by atoms with Crippen LogP contribution in [-0.4, -0.2) is 31.6 Å². The number of halogens is 3. The van der Waals surface area contributed by atoms with Crippen LogP contribution in [-0.2, 0) is 13.6 Å². The zero-order chi connectivity index (χ0) is 20.8. The van der Waals surface area contributed by atoms with Gasteiger partial charge in [0.15, 0.2) is 11.7 Å². The van der Waals surface area contributed by atoms with Crippen LogP contribution in [0.3, 0.4) is 0 Å². The van der Waals surface area contributed by atoms with Crippen molar-refractivity contribution in [3.05, 3.63) is 53.4 Å². The summed E-state index contributed by atoms with van der Waals surface area (Å²) in [6.45, 7) is 2.06. The molecule has 2 unspecified atom stereocenters. The number of hydrogen-bond donors (Lipinski definition) is 2. The van der Waals surface area contributed by atoms with Gasteiger partial charge in [0.25, 0.3) is 5.91 Å². The van der Waals surface area contributed by atoms with Crippen LogP contribution >= 0.6 is 0 Å². The smallest absolute Gasteiger partial charge is 0.410 e. The normalized spacial score (nSPS) is 18.9. The Balaban J connectivity index is 1.57. The number of nitrogens with one attached hydrogen (secondary N) is 2. The van der Waals surface area contributed by atoms with E-state index in [2.05, 4.69) is 20.8 Å². The molecule has 3 aromatic heterocycles. The summed E-state index contributed by atoms with van der Waals surface area (Å²) >= 11 is 0. The first kappa shape index (κ1) is 19.1. The summed E-state index contributed by atoms with van der Waals surface area (Å²) in [6, 6.07) is 2.01. The van der Waals surface area contributed by atoms with Gasteiger partial charge in [-0.15, -0.1) is 0 Å². The van der Waals surface area contributed by atoms with E-state index in [9.17, 15) is 18.0 Å². The van der Waals surface area contributed by atoms with Crippen molar-refractivity contribution in [3.8, 4) is 0 Å². The fourth-order valence-corrected chi connectivity index (χ4v) is 3.34. The Kier molecular flexibility index (Phi) is 4.59. The van der Waals surface area contributed by atoms with E-state index in [-0.39, 0.29) is 24.5 Å². The molecule has 0 saturated heterocycles. The number of aryl methyl sites for hydroxylation is 1. The minimum Gasteiger partial charge on any atom is -0.467 e. The molecule has 29 heavy (non-hydrogen) atoms. The van der Waals surface area contributed by atoms with Crippen molar-refractivity contribution < 1.29 is 22.4 Å². The van der Waals surface area contributed by atoms with Crippen LogP contribution in [0.25, 0.3) is 0 Å². The highest BCUT2D eigenvalue weighted by atomic mass is 19.4. The van der Waals surface area contributed by atoms with Crippen molar-refractivity contribution in [2.45, 2.75) is 38.1 Å². The van der Waals surface area contributed by atoms with E-state index >= 15 is 0 Å². The van der Waals surface area contributed by atoms with Gasteiger partial charge in [-0.3, -0.25) is 9.48 Å². The number of rotatable bonds is 4. The summed E-state index contributed by atoms with van der Waals surface area (Å²) in [7, 11) is 1.78. The zero-order valence-electron chi connectivity index (χ0n) is 15.7. The van der Waals surface area contributed by atoms with Gasteiger partial charge in [0.1, 0.15) is 11.6 Å². The molecule has 1 aliphatic heterocycles. The van der Waals surface area contributed by atoms with Crippen molar-refractivity contribution >= 4 is 11.7 Å². The predicted molar refractivity (Wildman–Crippen MR) is 96.1 cm³/mol. The average molecular weight is 408 g/mol. The number of anilines is 1. The molecule has 2 N–H and O–H groups in total. The van der Waals surface area contributed by atoms with E-state index < -0.39 is 24.2 Å². The lowest BCUT2D eigenvalue weighted by Crippen LogP contribution is -2.35. The first-order valence-corrected chi connectivity index (χ1v) is 8.96. The molecule has 154 valence electrons. The third-order valence-electron chi connectivity index (χ3n) is 5.09. The molecule has 4 rings (SSSR count). The molecular formula is C18H19F3N6O2. The molecule has 0 aromatic carbocycles. The molecule has 2 atom stereocenters. The molecular weight excluding hydrogens is 389 g/mol. The maximum atomic E-state index is 13.6. The maximum Gasteiger partial charge on any atom is 0.410 e. The third kappa shape index (κ3) is 3.59. The number of alkyl halides is 3. The van der Waals surface area contributed by atoms with Gasteiger partial charge in [-0.05, 0) is 19.1 Å². The molecule has 0 bridgehead atoms. The van der Waals surface area contributed by atoms with Crippen LogP contribution in [0.2, 0.25) is 0 Å². The summed E-state index contributed by atoms with van der Waals surface area (Å²) in [6.07, 6.45) is -1.77. The summed E-state index contributed by atoms with van der Waals surface area (Å²) in [5, 5.41) is 13.7. The van der Waals surface area contributed by atoms with Crippen molar-refractivity contribution in [2.75, 3.05) is 5.32 Å². The Morgan fingerprint density at radius 2 is 2.24 bits per heavy atom. The standard InChI is InChI=1S/C18H19F3N6O2/c1-10-11(9-23-26(10)2)8-22-17(28)13-7-16-24-12(14-4-3-5-29-14)6-15(18(19,20)21)27(16)25-13/h3-5,7,9,12,15,24H,6,8H2,1-2H3,(H,22,28). The number of carbonyl (C=O) groups excluding carboxylic acids is 1. The maximum absolute atomic E-state index is 13.6. The molecule has 0 spiro atoms. The fourth-order valence-electron chi connectivity index (χ4n) is 3.34. The SMILES string of the molecule is Cc1c(CNC(=O)c2cc3n(n2)C(C(F)(F)F)CC(c2ccco2)N3)cnn1C. The first-order chi connectivity index (χ1) is 13.7. The van der Waals surface area contributed by atoms with Crippen LogP contribution in [0.4, 0.5) is 19.0 Å². The Morgan fingerprint density at radius 3 is 2.86 bits per heavy atom. The molecule has 0 fully saturated rings. The molecule has 11 heteroatoms. The number of aromatic nitrogens is 4. The number of furan rings is 1. The summed E-state index contributed by atoms with van der Waals surface area (Å²) in [5.74, 6) is -0.0557. The van der Waals surface area contributed by atoms with E-state index in [1.165, 1.54) is 12.3 Å². The minimum absolute atomic E-state index is 0.0941. The van der Waals surface area contributed by atoms with Gasteiger partial charge in [0, 0.05) is 37.3 Å². The first-order valence-electron chi connectivity index (χ1n) is 8.96. The Morgan fingerprint density at radius 1 is 1.45 bits per heavy atom. The predicted octanol–water partition coefficient (Wildman–Crippen LogP) is 3.11. The van der Waals surface area contributed by atoms with Crippen molar-refractivity contribution in [3.63, 3.8) is 0 Å². The van der Waals surface area contributed by atoms with E-state index in [0.717, 1.165) is 15.9 Å². The van der Waals surface area contributed by atoms with Gasteiger partial charge in [-0.25, -0.2) is 4.68 Å². The monoisotopic (exact) mass is 408 g/mol. The van der Waals surface area contributed by atoms with Gasteiger partial charge in [-0.2, -0.15) is 23.4 Å². The van der Waals surface area contributed by atoms with Crippen LogP contribution in [0.5, 0.6) is 0 Å². The highest BCUT2D eigenvalue weighted by molar-refractivity contribution is 5.93.